The first-order valence-electron chi connectivity index (χ1n) is 6.82. The van der Waals surface area contributed by atoms with E-state index in [9.17, 15) is 0 Å². The van der Waals surface area contributed by atoms with Gasteiger partial charge >= 0.3 is 0 Å². The highest BCUT2D eigenvalue weighted by Crippen LogP contribution is 2.28. The Morgan fingerprint density at radius 3 is 2.06 bits per heavy atom. The van der Waals surface area contributed by atoms with Gasteiger partial charge < -0.3 is 10.2 Å². The highest BCUT2D eigenvalue weighted by molar-refractivity contribution is 4.83. The normalized spacial score (nSPS) is 18.8. The van der Waals surface area contributed by atoms with Crippen molar-refractivity contribution in [1.29, 1.82) is 0 Å². The summed E-state index contributed by atoms with van der Waals surface area (Å²) >= 11 is 0. The van der Waals surface area contributed by atoms with Crippen molar-refractivity contribution >= 4 is 0 Å². The van der Waals surface area contributed by atoms with Gasteiger partial charge in [0, 0.05) is 19.1 Å². The summed E-state index contributed by atoms with van der Waals surface area (Å²) in [6.45, 7) is 17.0. The van der Waals surface area contributed by atoms with Gasteiger partial charge in [0.05, 0.1) is 0 Å². The average Bonchev–Trinajstić information content (AvgIpc) is 2.13. The zero-order valence-corrected chi connectivity index (χ0v) is 12.4. The molecule has 0 radical (unpaired) electrons. The molecular formula is C14H32N2. The highest BCUT2D eigenvalue weighted by Gasteiger charge is 2.24. The Labute approximate surface area is 103 Å². The molecule has 2 heteroatoms. The van der Waals surface area contributed by atoms with Crippen LogP contribution in [-0.2, 0) is 0 Å². The molecule has 16 heavy (non-hydrogen) atoms. The minimum atomic E-state index is 0.457. The minimum Gasteiger partial charge on any atom is -0.314 e. The summed E-state index contributed by atoms with van der Waals surface area (Å²) in [6, 6.07) is 0.794. The first kappa shape index (κ1) is 15.9. The zero-order valence-electron chi connectivity index (χ0n) is 12.4. The molecule has 0 spiro atoms. The second-order valence-corrected chi connectivity index (χ2v) is 5.85. The van der Waals surface area contributed by atoms with Gasteiger partial charge in [-0.15, -0.1) is 0 Å². The van der Waals surface area contributed by atoms with Crippen molar-refractivity contribution in [2.45, 2.75) is 54.0 Å². The van der Waals surface area contributed by atoms with Gasteiger partial charge in [-0.2, -0.15) is 0 Å². The standard InChI is InChI=1S/C12H26N2.C2H6/c1-10(12(2,3)4)6-7-14(5)11-8-13-9-11;1-2/h10-11,13H,6-9H2,1-5H3;1-2H3. The SMILES string of the molecule is CC.CC(CCN(C)C1CNC1)C(C)(C)C. The molecule has 1 saturated heterocycles. The van der Waals surface area contributed by atoms with E-state index in [1.165, 1.54) is 26.1 Å². The second kappa shape index (κ2) is 7.29. The number of nitrogens with one attached hydrogen (secondary N) is 1. The maximum absolute atomic E-state index is 3.32. The van der Waals surface area contributed by atoms with Crippen LogP contribution >= 0.6 is 0 Å². The molecule has 1 aliphatic heterocycles. The Bertz CT molecular complexity index is 168. The Kier molecular flexibility index (Phi) is 7.25. The van der Waals surface area contributed by atoms with Crippen LogP contribution in [0.1, 0.15) is 48.0 Å². The summed E-state index contributed by atoms with van der Waals surface area (Å²) < 4.78 is 0. The second-order valence-electron chi connectivity index (χ2n) is 5.85. The summed E-state index contributed by atoms with van der Waals surface area (Å²) in [5, 5.41) is 3.32. The van der Waals surface area contributed by atoms with Gasteiger partial charge in [0.15, 0.2) is 0 Å². The molecule has 0 amide bonds. The maximum Gasteiger partial charge on any atom is 0.0342 e. The van der Waals surface area contributed by atoms with Crippen molar-refractivity contribution in [3.8, 4) is 0 Å². The zero-order chi connectivity index (χ0) is 12.8. The van der Waals surface area contributed by atoms with E-state index in [0.29, 0.717) is 5.41 Å². The van der Waals surface area contributed by atoms with Crippen molar-refractivity contribution in [2.24, 2.45) is 11.3 Å². The van der Waals surface area contributed by atoms with Crippen LogP contribution in [0.3, 0.4) is 0 Å². The minimum absolute atomic E-state index is 0.457. The van der Waals surface area contributed by atoms with Gasteiger partial charge in [0.2, 0.25) is 0 Å². The third-order valence-electron chi connectivity index (χ3n) is 3.78. The lowest BCUT2D eigenvalue weighted by molar-refractivity contribution is 0.150. The van der Waals surface area contributed by atoms with E-state index in [1.54, 1.807) is 0 Å². The fourth-order valence-corrected chi connectivity index (χ4v) is 1.60. The molecule has 1 atom stereocenters. The van der Waals surface area contributed by atoms with Crippen molar-refractivity contribution < 1.29 is 0 Å². The van der Waals surface area contributed by atoms with Crippen LogP contribution in [0.4, 0.5) is 0 Å². The van der Waals surface area contributed by atoms with Crippen LogP contribution in [0, 0.1) is 11.3 Å². The van der Waals surface area contributed by atoms with E-state index in [0.717, 1.165) is 12.0 Å². The molecule has 0 saturated carbocycles. The molecule has 1 unspecified atom stereocenters. The molecule has 98 valence electrons. The number of nitrogens with zero attached hydrogens (tertiary/aromatic N) is 1. The quantitative estimate of drug-likeness (QED) is 0.796. The Balaban J connectivity index is 0.00000106. The third kappa shape index (κ3) is 5.31. The van der Waals surface area contributed by atoms with E-state index >= 15 is 0 Å². The Morgan fingerprint density at radius 1 is 1.25 bits per heavy atom. The van der Waals surface area contributed by atoms with Crippen LogP contribution < -0.4 is 5.32 Å². The number of hydrogen-bond acceptors (Lipinski definition) is 2. The van der Waals surface area contributed by atoms with E-state index in [1.807, 2.05) is 13.8 Å². The first-order chi connectivity index (χ1) is 7.41. The monoisotopic (exact) mass is 228 g/mol. The average molecular weight is 228 g/mol. The molecular weight excluding hydrogens is 196 g/mol. The predicted molar refractivity (Wildman–Crippen MR) is 73.9 cm³/mol. The molecule has 0 aromatic carbocycles. The molecule has 1 fully saturated rings. The molecule has 1 aliphatic rings. The van der Waals surface area contributed by atoms with Crippen molar-refractivity contribution in [3.05, 3.63) is 0 Å². The molecule has 0 aromatic heterocycles. The summed E-state index contributed by atoms with van der Waals surface area (Å²) in [5.74, 6) is 0.804. The van der Waals surface area contributed by atoms with Gasteiger partial charge in [0.1, 0.15) is 0 Å². The number of hydrogen-bond donors (Lipinski definition) is 1. The Hall–Kier alpha value is -0.0800. The lowest BCUT2D eigenvalue weighted by atomic mass is 9.80. The predicted octanol–water partition coefficient (Wildman–Crippen LogP) is 2.99. The van der Waals surface area contributed by atoms with Gasteiger partial charge in [-0.1, -0.05) is 41.5 Å². The number of likely N-dealkylation sites (N-methyl/N-ethyl adjacent to an activating group) is 1. The van der Waals surface area contributed by atoms with Gasteiger partial charge in [-0.25, -0.2) is 0 Å². The molecule has 1 N–H and O–H groups in total. The molecule has 0 aliphatic carbocycles. The summed E-state index contributed by atoms with van der Waals surface area (Å²) in [5.41, 5.74) is 0.457. The largest absolute Gasteiger partial charge is 0.314 e. The van der Waals surface area contributed by atoms with Crippen LogP contribution in [0.5, 0.6) is 0 Å². The highest BCUT2D eigenvalue weighted by atomic mass is 15.2. The molecule has 1 rings (SSSR count). The number of rotatable bonds is 4. The summed E-state index contributed by atoms with van der Waals surface area (Å²) in [7, 11) is 2.25. The van der Waals surface area contributed by atoms with Gasteiger partial charge in [-0.3, -0.25) is 0 Å². The van der Waals surface area contributed by atoms with Crippen molar-refractivity contribution in [3.63, 3.8) is 0 Å². The van der Waals surface area contributed by atoms with E-state index in [2.05, 4.69) is 45.0 Å². The van der Waals surface area contributed by atoms with Crippen molar-refractivity contribution in [1.82, 2.24) is 10.2 Å². The third-order valence-corrected chi connectivity index (χ3v) is 3.78. The van der Waals surface area contributed by atoms with E-state index < -0.39 is 0 Å². The lowest BCUT2D eigenvalue weighted by Gasteiger charge is -2.37. The summed E-state index contributed by atoms with van der Waals surface area (Å²) in [6.07, 6.45) is 1.32. The molecule has 1 heterocycles. The van der Waals surface area contributed by atoms with E-state index in [-0.39, 0.29) is 0 Å². The molecule has 0 bridgehead atoms. The van der Waals surface area contributed by atoms with Gasteiger partial charge in [0.25, 0.3) is 0 Å². The van der Waals surface area contributed by atoms with Gasteiger partial charge in [-0.05, 0) is 31.3 Å². The van der Waals surface area contributed by atoms with E-state index in [4.69, 9.17) is 0 Å². The fraction of sp³-hybridized carbons (Fsp3) is 1.00. The van der Waals surface area contributed by atoms with Crippen LogP contribution in [0.15, 0.2) is 0 Å². The lowest BCUT2D eigenvalue weighted by Crippen LogP contribution is -2.56. The smallest absolute Gasteiger partial charge is 0.0342 e. The van der Waals surface area contributed by atoms with Crippen LogP contribution in [0.25, 0.3) is 0 Å². The molecule has 0 aromatic rings. The summed E-state index contributed by atoms with van der Waals surface area (Å²) in [4.78, 5) is 2.50. The van der Waals surface area contributed by atoms with Crippen LogP contribution in [0.2, 0.25) is 0 Å². The van der Waals surface area contributed by atoms with Crippen LogP contribution in [-0.4, -0.2) is 37.6 Å². The maximum atomic E-state index is 3.32. The fourth-order valence-electron chi connectivity index (χ4n) is 1.60. The molecule has 2 nitrogen and oxygen atoms in total. The Morgan fingerprint density at radius 2 is 1.75 bits per heavy atom. The first-order valence-corrected chi connectivity index (χ1v) is 6.82. The van der Waals surface area contributed by atoms with Crippen molar-refractivity contribution in [2.75, 3.05) is 26.7 Å². The topological polar surface area (TPSA) is 15.3 Å².